The molecule has 2 unspecified atom stereocenters. The van der Waals surface area contributed by atoms with Crippen molar-refractivity contribution in [2.75, 3.05) is 0 Å². The molecule has 142 valence electrons. The number of fused-ring (bicyclic) bond motifs is 2. The summed E-state index contributed by atoms with van der Waals surface area (Å²) in [5.41, 5.74) is 0.199. The van der Waals surface area contributed by atoms with Gasteiger partial charge in [0, 0.05) is 24.4 Å². The fourth-order valence-corrected chi connectivity index (χ4v) is 4.25. The minimum atomic E-state index is -0.518. The van der Waals surface area contributed by atoms with E-state index in [9.17, 15) is 14.0 Å². The maximum atomic E-state index is 13.4. The lowest BCUT2D eigenvalue weighted by molar-refractivity contribution is -0.126. The van der Waals surface area contributed by atoms with E-state index in [1.807, 2.05) is 25.7 Å². The molecule has 2 heterocycles. The number of amides is 1. The second-order valence-corrected chi connectivity index (χ2v) is 8.57. The van der Waals surface area contributed by atoms with E-state index in [1.54, 1.807) is 12.1 Å². The smallest absolute Gasteiger partial charge is 0.410 e. The average Bonchev–Trinajstić information content (AvgIpc) is 2.51. The van der Waals surface area contributed by atoms with Gasteiger partial charge in [-0.05, 0) is 70.6 Å². The van der Waals surface area contributed by atoms with Crippen LogP contribution in [0.3, 0.4) is 0 Å². The van der Waals surface area contributed by atoms with Crippen LogP contribution >= 0.6 is 0 Å². The molecule has 0 radical (unpaired) electrons. The zero-order valence-electron chi connectivity index (χ0n) is 15.8. The number of carbonyl (C=O) groups is 2. The number of hydrogen-bond acceptors (Lipinski definition) is 3. The fourth-order valence-electron chi connectivity index (χ4n) is 4.25. The number of benzene rings is 1. The monoisotopic (exact) mass is 361 g/mol. The van der Waals surface area contributed by atoms with Crippen molar-refractivity contribution in [2.24, 2.45) is 5.92 Å². The Morgan fingerprint density at radius 1 is 1.19 bits per heavy atom. The summed E-state index contributed by atoms with van der Waals surface area (Å²) < 4.78 is 18.9. The summed E-state index contributed by atoms with van der Waals surface area (Å²) in [5.74, 6) is -0.226. The topological polar surface area (TPSA) is 46.6 Å². The van der Waals surface area contributed by atoms with Gasteiger partial charge in [-0.25, -0.2) is 9.18 Å². The van der Waals surface area contributed by atoms with E-state index in [-0.39, 0.29) is 42.1 Å². The Labute approximate surface area is 154 Å². The van der Waals surface area contributed by atoms with Crippen LogP contribution in [0.5, 0.6) is 0 Å². The van der Waals surface area contributed by atoms with Gasteiger partial charge in [0.1, 0.15) is 17.2 Å². The van der Waals surface area contributed by atoms with Crippen molar-refractivity contribution in [3.8, 4) is 0 Å². The highest BCUT2D eigenvalue weighted by atomic mass is 19.1. The number of piperidine rings is 2. The molecule has 0 aliphatic carbocycles. The van der Waals surface area contributed by atoms with Gasteiger partial charge in [-0.1, -0.05) is 12.1 Å². The molecule has 0 spiro atoms. The van der Waals surface area contributed by atoms with E-state index >= 15 is 0 Å². The lowest BCUT2D eigenvalue weighted by atomic mass is 9.76. The first-order valence-electron chi connectivity index (χ1n) is 9.51. The molecule has 3 rings (SSSR count). The Hall–Kier alpha value is -1.91. The van der Waals surface area contributed by atoms with E-state index in [0.29, 0.717) is 12.8 Å². The lowest BCUT2D eigenvalue weighted by Gasteiger charge is -2.48. The van der Waals surface area contributed by atoms with Crippen molar-refractivity contribution in [2.45, 2.75) is 77.0 Å². The molecule has 4 nitrogen and oxygen atoms in total. The first-order valence-corrected chi connectivity index (χ1v) is 9.51. The lowest BCUT2D eigenvalue weighted by Crippen LogP contribution is -2.56. The van der Waals surface area contributed by atoms with Crippen molar-refractivity contribution in [3.05, 3.63) is 35.6 Å². The molecule has 0 saturated carbocycles. The van der Waals surface area contributed by atoms with Crippen molar-refractivity contribution < 1.29 is 18.7 Å². The summed E-state index contributed by atoms with van der Waals surface area (Å²) in [4.78, 5) is 27.2. The summed E-state index contributed by atoms with van der Waals surface area (Å²) in [6.45, 7) is 5.61. The highest BCUT2D eigenvalue weighted by Gasteiger charge is 2.44. The zero-order valence-corrected chi connectivity index (χ0v) is 15.8. The van der Waals surface area contributed by atoms with Crippen LogP contribution < -0.4 is 0 Å². The van der Waals surface area contributed by atoms with Crippen molar-refractivity contribution in [3.63, 3.8) is 0 Å². The van der Waals surface area contributed by atoms with E-state index in [0.717, 1.165) is 24.8 Å². The van der Waals surface area contributed by atoms with E-state index in [4.69, 9.17) is 4.74 Å². The third-order valence-corrected chi connectivity index (χ3v) is 5.30. The Morgan fingerprint density at radius 3 is 2.42 bits per heavy atom. The van der Waals surface area contributed by atoms with Gasteiger partial charge in [0.15, 0.2) is 0 Å². The molecular weight excluding hydrogens is 333 g/mol. The molecule has 5 heteroatoms. The van der Waals surface area contributed by atoms with E-state index in [2.05, 4.69) is 0 Å². The average molecular weight is 361 g/mol. The SMILES string of the molecule is CC(C)(C)OC(=O)N1C2CCCC1CC(C(=O)Cc1cccc(F)c1)C2. The predicted molar refractivity (Wildman–Crippen MR) is 97.3 cm³/mol. The Balaban J connectivity index is 1.67. The van der Waals surface area contributed by atoms with Gasteiger partial charge < -0.3 is 9.64 Å². The molecule has 26 heavy (non-hydrogen) atoms. The van der Waals surface area contributed by atoms with Gasteiger partial charge in [0.05, 0.1) is 0 Å². The van der Waals surface area contributed by atoms with Crippen molar-refractivity contribution >= 4 is 11.9 Å². The number of halogens is 1. The zero-order chi connectivity index (χ0) is 18.9. The molecule has 2 bridgehead atoms. The minimum Gasteiger partial charge on any atom is -0.444 e. The highest BCUT2D eigenvalue weighted by Crippen LogP contribution is 2.38. The van der Waals surface area contributed by atoms with E-state index in [1.165, 1.54) is 12.1 Å². The number of hydrogen-bond donors (Lipinski definition) is 0. The second-order valence-electron chi connectivity index (χ2n) is 8.57. The summed E-state index contributed by atoms with van der Waals surface area (Å²) in [7, 11) is 0. The number of ether oxygens (including phenoxy) is 1. The number of Topliss-reactive ketones (excluding diaryl/α,β-unsaturated/α-hetero) is 1. The third kappa shape index (κ3) is 4.43. The van der Waals surface area contributed by atoms with Gasteiger partial charge in [-0.2, -0.15) is 0 Å². The molecule has 0 aromatic heterocycles. The Bertz CT molecular complexity index is 668. The van der Waals surface area contributed by atoms with Crippen LogP contribution in [0.1, 0.15) is 58.4 Å². The summed E-state index contributed by atoms with van der Waals surface area (Å²) in [6.07, 6.45) is 4.28. The molecule has 1 aromatic rings. The van der Waals surface area contributed by atoms with Crippen LogP contribution in [-0.2, 0) is 16.0 Å². The maximum Gasteiger partial charge on any atom is 0.410 e. The van der Waals surface area contributed by atoms with Gasteiger partial charge in [0.25, 0.3) is 0 Å². The molecule has 0 N–H and O–H groups in total. The molecule has 2 atom stereocenters. The normalized spacial score (nSPS) is 25.7. The number of carbonyl (C=O) groups excluding carboxylic acids is 2. The molecular formula is C21H28FNO3. The third-order valence-electron chi connectivity index (χ3n) is 5.30. The molecule has 1 aromatic carbocycles. The van der Waals surface area contributed by atoms with E-state index < -0.39 is 5.60 Å². The molecule has 2 aliphatic heterocycles. The first kappa shape index (κ1) is 18.9. The first-order chi connectivity index (χ1) is 12.2. The van der Waals surface area contributed by atoms with Crippen LogP contribution in [0, 0.1) is 11.7 Å². The molecule has 2 aliphatic rings. The largest absolute Gasteiger partial charge is 0.444 e. The van der Waals surface area contributed by atoms with Crippen LogP contribution in [0.15, 0.2) is 24.3 Å². The number of ketones is 1. The Kier molecular flexibility index (Phi) is 5.35. The van der Waals surface area contributed by atoms with Gasteiger partial charge in [-0.3, -0.25) is 4.79 Å². The van der Waals surface area contributed by atoms with Gasteiger partial charge >= 0.3 is 6.09 Å². The molecule has 2 fully saturated rings. The molecule has 1 amide bonds. The van der Waals surface area contributed by atoms with Crippen LogP contribution in [0.25, 0.3) is 0 Å². The van der Waals surface area contributed by atoms with Gasteiger partial charge in [-0.15, -0.1) is 0 Å². The quantitative estimate of drug-likeness (QED) is 0.796. The second kappa shape index (κ2) is 7.37. The fraction of sp³-hybridized carbons (Fsp3) is 0.619. The minimum absolute atomic E-state index is 0.0627. The highest BCUT2D eigenvalue weighted by molar-refractivity contribution is 5.84. The standard InChI is InChI=1S/C21H28FNO3/c1-21(2,3)26-20(25)23-17-8-5-9-18(23)13-15(12-17)19(24)11-14-6-4-7-16(22)10-14/h4,6-7,10,15,17-18H,5,8-9,11-13H2,1-3H3. The van der Waals surface area contributed by atoms with Gasteiger partial charge in [0.2, 0.25) is 0 Å². The van der Waals surface area contributed by atoms with Crippen LogP contribution in [0.2, 0.25) is 0 Å². The number of nitrogens with zero attached hydrogens (tertiary/aromatic N) is 1. The maximum absolute atomic E-state index is 13.4. The van der Waals surface area contributed by atoms with Crippen molar-refractivity contribution in [1.82, 2.24) is 4.90 Å². The predicted octanol–water partition coefficient (Wildman–Crippen LogP) is 4.51. The summed E-state index contributed by atoms with van der Waals surface area (Å²) in [6, 6.07) is 6.37. The van der Waals surface area contributed by atoms with Crippen LogP contribution in [0.4, 0.5) is 9.18 Å². The van der Waals surface area contributed by atoms with Crippen LogP contribution in [-0.4, -0.2) is 34.5 Å². The Morgan fingerprint density at radius 2 is 1.85 bits per heavy atom. The summed E-state index contributed by atoms with van der Waals surface area (Å²) in [5, 5.41) is 0. The number of rotatable bonds is 3. The summed E-state index contributed by atoms with van der Waals surface area (Å²) >= 11 is 0. The molecule has 2 saturated heterocycles. The van der Waals surface area contributed by atoms with Crippen molar-refractivity contribution in [1.29, 1.82) is 0 Å².